The molecule has 0 amide bonds. The van der Waals surface area contributed by atoms with Gasteiger partial charge in [-0.1, -0.05) is 21.1 Å². The van der Waals surface area contributed by atoms with Crippen LogP contribution in [-0.2, 0) is 6.54 Å². The topological polar surface area (TPSA) is 75.4 Å². The van der Waals surface area contributed by atoms with Crippen LogP contribution in [0, 0.1) is 0 Å². The standard InChI is InChI=1S/C11H9BrN2O3/c12-7-1-3-8(4-2-7)13-6-9-5-10(11(15)16)14-17-9/h1-5,13H,6H2,(H,15,16). The van der Waals surface area contributed by atoms with Crippen LogP contribution in [0.2, 0.25) is 0 Å². The molecule has 1 aromatic heterocycles. The number of nitrogens with one attached hydrogen (secondary N) is 1. The van der Waals surface area contributed by atoms with E-state index in [2.05, 4.69) is 26.4 Å². The zero-order valence-corrected chi connectivity index (χ0v) is 10.3. The second-order valence-corrected chi connectivity index (χ2v) is 4.26. The number of hydrogen-bond acceptors (Lipinski definition) is 4. The summed E-state index contributed by atoms with van der Waals surface area (Å²) in [5, 5.41) is 15.2. The molecule has 6 heteroatoms. The number of carboxylic acids is 1. The van der Waals surface area contributed by atoms with Crippen molar-refractivity contribution in [1.82, 2.24) is 5.16 Å². The Bertz CT molecular complexity index is 522. The first-order chi connectivity index (χ1) is 8.15. The Hall–Kier alpha value is -1.82. The highest BCUT2D eigenvalue weighted by atomic mass is 79.9. The van der Waals surface area contributed by atoms with Crippen LogP contribution in [0.5, 0.6) is 0 Å². The molecule has 0 bridgehead atoms. The first-order valence-corrected chi connectivity index (χ1v) is 5.63. The van der Waals surface area contributed by atoms with Crippen molar-refractivity contribution < 1.29 is 14.4 Å². The minimum Gasteiger partial charge on any atom is -0.476 e. The third-order valence-electron chi connectivity index (χ3n) is 2.09. The molecule has 2 N–H and O–H groups in total. The van der Waals surface area contributed by atoms with Crippen LogP contribution in [0.4, 0.5) is 5.69 Å². The summed E-state index contributed by atoms with van der Waals surface area (Å²) in [6.07, 6.45) is 0. The monoisotopic (exact) mass is 296 g/mol. The Balaban J connectivity index is 1.97. The molecule has 17 heavy (non-hydrogen) atoms. The van der Waals surface area contributed by atoms with Gasteiger partial charge in [0.25, 0.3) is 0 Å². The van der Waals surface area contributed by atoms with Crippen LogP contribution in [0.3, 0.4) is 0 Å². The number of anilines is 1. The number of aromatic carboxylic acids is 1. The number of halogens is 1. The molecule has 2 aromatic rings. The van der Waals surface area contributed by atoms with Gasteiger partial charge < -0.3 is 14.9 Å². The van der Waals surface area contributed by atoms with Crippen molar-refractivity contribution >= 4 is 27.6 Å². The lowest BCUT2D eigenvalue weighted by Gasteiger charge is -2.02. The highest BCUT2D eigenvalue weighted by molar-refractivity contribution is 9.10. The van der Waals surface area contributed by atoms with E-state index in [1.807, 2.05) is 24.3 Å². The van der Waals surface area contributed by atoms with Crippen LogP contribution >= 0.6 is 15.9 Å². The number of carbonyl (C=O) groups is 1. The first-order valence-electron chi connectivity index (χ1n) is 4.83. The summed E-state index contributed by atoms with van der Waals surface area (Å²) in [6.45, 7) is 0.391. The molecule has 0 aliphatic rings. The van der Waals surface area contributed by atoms with Gasteiger partial charge in [0.05, 0.1) is 6.54 Å². The van der Waals surface area contributed by atoms with Gasteiger partial charge in [-0.3, -0.25) is 0 Å². The molecule has 5 nitrogen and oxygen atoms in total. The number of aromatic nitrogens is 1. The van der Waals surface area contributed by atoms with Crippen molar-refractivity contribution in [3.63, 3.8) is 0 Å². The fourth-order valence-electron chi connectivity index (χ4n) is 1.25. The average Bonchev–Trinajstić information content (AvgIpc) is 2.77. The zero-order chi connectivity index (χ0) is 12.3. The van der Waals surface area contributed by atoms with Crippen LogP contribution in [0.1, 0.15) is 16.2 Å². The van der Waals surface area contributed by atoms with E-state index in [-0.39, 0.29) is 5.69 Å². The van der Waals surface area contributed by atoms with Gasteiger partial charge in [-0.05, 0) is 24.3 Å². The van der Waals surface area contributed by atoms with Crippen molar-refractivity contribution in [3.8, 4) is 0 Å². The molecule has 0 unspecified atom stereocenters. The van der Waals surface area contributed by atoms with Gasteiger partial charge >= 0.3 is 5.97 Å². The van der Waals surface area contributed by atoms with Crippen molar-refractivity contribution in [3.05, 3.63) is 46.3 Å². The smallest absolute Gasteiger partial charge is 0.358 e. The highest BCUT2D eigenvalue weighted by Gasteiger charge is 2.09. The number of rotatable bonds is 4. The van der Waals surface area contributed by atoms with E-state index >= 15 is 0 Å². The number of benzene rings is 1. The van der Waals surface area contributed by atoms with Crippen molar-refractivity contribution in [2.24, 2.45) is 0 Å². The fraction of sp³-hybridized carbons (Fsp3) is 0.0909. The lowest BCUT2D eigenvalue weighted by molar-refractivity contribution is 0.0685. The van der Waals surface area contributed by atoms with Crippen LogP contribution in [0.25, 0.3) is 0 Å². The van der Waals surface area contributed by atoms with E-state index in [0.29, 0.717) is 12.3 Å². The molecule has 0 aliphatic heterocycles. The van der Waals surface area contributed by atoms with Crippen LogP contribution in [0.15, 0.2) is 39.3 Å². The average molecular weight is 297 g/mol. The Labute approximate surface area is 106 Å². The van der Waals surface area contributed by atoms with Crippen LogP contribution < -0.4 is 5.32 Å². The predicted octanol–water partition coefficient (Wildman–Crippen LogP) is 2.75. The molecule has 1 heterocycles. The van der Waals surface area contributed by atoms with E-state index < -0.39 is 5.97 Å². The minimum atomic E-state index is -1.09. The molecule has 1 aromatic carbocycles. The summed E-state index contributed by atoms with van der Waals surface area (Å²) in [5.74, 6) is -0.617. The Morgan fingerprint density at radius 2 is 2.12 bits per heavy atom. The van der Waals surface area contributed by atoms with E-state index in [9.17, 15) is 4.79 Å². The molecule has 0 fully saturated rings. The molecule has 0 aliphatic carbocycles. The van der Waals surface area contributed by atoms with Gasteiger partial charge in [0.2, 0.25) is 0 Å². The van der Waals surface area contributed by atoms with Gasteiger partial charge in [0.15, 0.2) is 11.5 Å². The maximum atomic E-state index is 10.6. The SMILES string of the molecule is O=C(O)c1cc(CNc2ccc(Br)cc2)on1. The summed E-state index contributed by atoms with van der Waals surface area (Å²) < 4.78 is 5.86. The second kappa shape index (κ2) is 5.01. The van der Waals surface area contributed by atoms with E-state index in [1.165, 1.54) is 6.07 Å². The first kappa shape index (κ1) is 11.7. The molecule has 0 radical (unpaired) electrons. The molecule has 0 atom stereocenters. The maximum Gasteiger partial charge on any atom is 0.358 e. The van der Waals surface area contributed by atoms with Gasteiger partial charge in [-0.25, -0.2) is 4.79 Å². The van der Waals surface area contributed by atoms with Gasteiger partial charge in [0.1, 0.15) is 0 Å². The van der Waals surface area contributed by atoms with Crippen LogP contribution in [-0.4, -0.2) is 16.2 Å². The fourth-order valence-corrected chi connectivity index (χ4v) is 1.52. The zero-order valence-electron chi connectivity index (χ0n) is 8.68. The molecule has 0 saturated heterocycles. The molecule has 0 spiro atoms. The normalized spacial score (nSPS) is 10.2. The molecular formula is C11H9BrN2O3. The largest absolute Gasteiger partial charge is 0.476 e. The number of carboxylic acid groups (broad SMARTS) is 1. The van der Waals surface area contributed by atoms with E-state index in [1.54, 1.807) is 0 Å². The second-order valence-electron chi connectivity index (χ2n) is 3.34. The third-order valence-corrected chi connectivity index (χ3v) is 2.62. The summed E-state index contributed by atoms with van der Waals surface area (Å²) in [7, 11) is 0. The molecular weight excluding hydrogens is 288 g/mol. The molecule has 88 valence electrons. The number of nitrogens with zero attached hydrogens (tertiary/aromatic N) is 1. The van der Waals surface area contributed by atoms with Crippen molar-refractivity contribution in [1.29, 1.82) is 0 Å². The van der Waals surface area contributed by atoms with E-state index in [4.69, 9.17) is 9.63 Å². The molecule has 2 rings (SSSR count). The quantitative estimate of drug-likeness (QED) is 0.907. The van der Waals surface area contributed by atoms with Gasteiger partial charge in [0, 0.05) is 16.2 Å². The van der Waals surface area contributed by atoms with Gasteiger partial charge in [-0.2, -0.15) is 0 Å². The van der Waals surface area contributed by atoms with Gasteiger partial charge in [-0.15, -0.1) is 0 Å². The van der Waals surface area contributed by atoms with Crippen molar-refractivity contribution in [2.75, 3.05) is 5.32 Å². The van der Waals surface area contributed by atoms with Crippen molar-refractivity contribution in [2.45, 2.75) is 6.54 Å². The summed E-state index contributed by atoms with van der Waals surface area (Å²) in [4.78, 5) is 10.6. The highest BCUT2D eigenvalue weighted by Crippen LogP contribution is 2.15. The molecule has 0 saturated carbocycles. The maximum absolute atomic E-state index is 10.6. The lowest BCUT2D eigenvalue weighted by Crippen LogP contribution is -1.98. The summed E-state index contributed by atoms with van der Waals surface area (Å²) in [6, 6.07) is 9.02. The lowest BCUT2D eigenvalue weighted by atomic mass is 10.3. The predicted molar refractivity (Wildman–Crippen MR) is 64.9 cm³/mol. The summed E-state index contributed by atoms with van der Waals surface area (Å²) >= 11 is 3.34. The Kier molecular flexibility index (Phi) is 3.43. The number of hydrogen-bond donors (Lipinski definition) is 2. The summed E-state index contributed by atoms with van der Waals surface area (Å²) in [5.41, 5.74) is 0.832. The Morgan fingerprint density at radius 1 is 1.41 bits per heavy atom. The minimum absolute atomic E-state index is 0.0855. The Morgan fingerprint density at radius 3 is 2.71 bits per heavy atom. The van der Waals surface area contributed by atoms with E-state index in [0.717, 1.165) is 10.2 Å². The third kappa shape index (κ3) is 3.07.